The molecule has 0 spiro atoms. The standard InChI is InChI=1S/C12H23NO3/c1-3-16-11(14)7-5-4-6-8-13-9-12(2,15)10-13/h15H,3-10H2,1-2H3. The van der Waals surface area contributed by atoms with Crippen LogP contribution in [0.4, 0.5) is 0 Å². The summed E-state index contributed by atoms with van der Waals surface area (Å²) in [6, 6.07) is 0. The van der Waals surface area contributed by atoms with Crippen molar-refractivity contribution in [1.29, 1.82) is 0 Å². The Labute approximate surface area is 97.6 Å². The Morgan fingerprint density at radius 2 is 2.06 bits per heavy atom. The summed E-state index contributed by atoms with van der Waals surface area (Å²) in [7, 11) is 0. The lowest BCUT2D eigenvalue weighted by atomic mass is 9.96. The number of aliphatic hydroxyl groups is 1. The highest BCUT2D eigenvalue weighted by Gasteiger charge is 2.35. The summed E-state index contributed by atoms with van der Waals surface area (Å²) in [5, 5.41) is 9.52. The zero-order chi connectivity index (χ0) is 12.0. The first-order valence-electron chi connectivity index (χ1n) is 6.14. The third-order valence-electron chi connectivity index (χ3n) is 2.79. The fraction of sp³-hybridized carbons (Fsp3) is 0.917. The molecule has 94 valence electrons. The van der Waals surface area contributed by atoms with Crippen LogP contribution in [0.15, 0.2) is 0 Å². The van der Waals surface area contributed by atoms with E-state index in [1.54, 1.807) is 0 Å². The Kier molecular flexibility index (Phi) is 5.22. The molecule has 4 heteroatoms. The summed E-state index contributed by atoms with van der Waals surface area (Å²) in [4.78, 5) is 13.3. The predicted molar refractivity (Wildman–Crippen MR) is 62.2 cm³/mol. The van der Waals surface area contributed by atoms with Gasteiger partial charge in [0, 0.05) is 19.5 Å². The average molecular weight is 229 g/mol. The molecular formula is C12H23NO3. The minimum Gasteiger partial charge on any atom is -0.466 e. The van der Waals surface area contributed by atoms with Crippen molar-refractivity contribution in [2.75, 3.05) is 26.2 Å². The van der Waals surface area contributed by atoms with Gasteiger partial charge in [0.2, 0.25) is 0 Å². The fourth-order valence-electron chi connectivity index (χ4n) is 2.09. The van der Waals surface area contributed by atoms with E-state index in [9.17, 15) is 9.90 Å². The van der Waals surface area contributed by atoms with Crippen LogP contribution in [0.25, 0.3) is 0 Å². The van der Waals surface area contributed by atoms with Gasteiger partial charge in [-0.05, 0) is 33.2 Å². The first-order valence-corrected chi connectivity index (χ1v) is 6.14. The van der Waals surface area contributed by atoms with Gasteiger partial charge in [0.1, 0.15) is 0 Å². The van der Waals surface area contributed by atoms with Crippen LogP contribution in [0.5, 0.6) is 0 Å². The lowest BCUT2D eigenvalue weighted by Crippen LogP contribution is -2.59. The highest BCUT2D eigenvalue weighted by Crippen LogP contribution is 2.20. The molecule has 1 aliphatic rings. The number of unbranched alkanes of at least 4 members (excludes halogenated alkanes) is 2. The van der Waals surface area contributed by atoms with Crippen molar-refractivity contribution in [3.8, 4) is 0 Å². The van der Waals surface area contributed by atoms with E-state index in [1.807, 2.05) is 13.8 Å². The molecule has 0 bridgehead atoms. The van der Waals surface area contributed by atoms with Crippen LogP contribution >= 0.6 is 0 Å². The minimum atomic E-state index is -0.467. The van der Waals surface area contributed by atoms with Crippen LogP contribution < -0.4 is 0 Å². The van der Waals surface area contributed by atoms with Crippen LogP contribution in [0.3, 0.4) is 0 Å². The Bertz CT molecular complexity index is 220. The SMILES string of the molecule is CCOC(=O)CCCCCN1CC(C)(O)C1. The number of β-amino-alcohol motifs (C(OH)–C–C–N with tert-alkyl or cyclic N) is 1. The number of hydrogen-bond acceptors (Lipinski definition) is 4. The largest absolute Gasteiger partial charge is 0.466 e. The lowest BCUT2D eigenvalue weighted by molar-refractivity contribution is -0.143. The van der Waals surface area contributed by atoms with Crippen LogP contribution in [0.1, 0.15) is 39.5 Å². The predicted octanol–water partition coefficient (Wildman–Crippen LogP) is 1.18. The van der Waals surface area contributed by atoms with Crippen LogP contribution in [-0.4, -0.2) is 47.8 Å². The molecule has 0 amide bonds. The molecule has 0 unspecified atom stereocenters. The van der Waals surface area contributed by atoms with E-state index in [0.717, 1.165) is 38.9 Å². The number of ether oxygens (including phenoxy) is 1. The molecule has 0 radical (unpaired) electrons. The Morgan fingerprint density at radius 3 is 2.62 bits per heavy atom. The molecule has 0 aromatic heterocycles. The maximum Gasteiger partial charge on any atom is 0.305 e. The second kappa shape index (κ2) is 6.21. The zero-order valence-corrected chi connectivity index (χ0v) is 10.4. The monoisotopic (exact) mass is 229 g/mol. The molecule has 1 N–H and O–H groups in total. The fourth-order valence-corrected chi connectivity index (χ4v) is 2.09. The van der Waals surface area contributed by atoms with Gasteiger partial charge in [0.25, 0.3) is 0 Å². The van der Waals surface area contributed by atoms with Gasteiger partial charge in [0.15, 0.2) is 0 Å². The Morgan fingerprint density at radius 1 is 1.38 bits per heavy atom. The van der Waals surface area contributed by atoms with Gasteiger partial charge in [-0.2, -0.15) is 0 Å². The Balaban J connectivity index is 1.88. The average Bonchev–Trinajstić information content (AvgIpc) is 2.14. The van der Waals surface area contributed by atoms with Crippen LogP contribution in [0, 0.1) is 0 Å². The van der Waals surface area contributed by atoms with E-state index in [1.165, 1.54) is 0 Å². The zero-order valence-electron chi connectivity index (χ0n) is 10.4. The van der Waals surface area contributed by atoms with E-state index in [-0.39, 0.29) is 5.97 Å². The van der Waals surface area contributed by atoms with Gasteiger partial charge in [0.05, 0.1) is 12.2 Å². The molecule has 0 aromatic carbocycles. The summed E-state index contributed by atoms with van der Waals surface area (Å²) < 4.78 is 4.85. The van der Waals surface area contributed by atoms with E-state index < -0.39 is 5.60 Å². The van der Waals surface area contributed by atoms with E-state index in [4.69, 9.17) is 4.74 Å². The van der Waals surface area contributed by atoms with Crippen LogP contribution in [0.2, 0.25) is 0 Å². The molecule has 0 atom stereocenters. The molecular weight excluding hydrogens is 206 g/mol. The number of carbonyl (C=O) groups excluding carboxylic acids is 1. The van der Waals surface area contributed by atoms with Gasteiger partial charge in [-0.3, -0.25) is 9.69 Å². The second-order valence-electron chi connectivity index (χ2n) is 4.82. The van der Waals surface area contributed by atoms with Gasteiger partial charge < -0.3 is 9.84 Å². The van der Waals surface area contributed by atoms with Crippen LogP contribution in [-0.2, 0) is 9.53 Å². The van der Waals surface area contributed by atoms with Gasteiger partial charge in [-0.15, -0.1) is 0 Å². The number of carbonyl (C=O) groups is 1. The molecule has 16 heavy (non-hydrogen) atoms. The molecule has 1 saturated heterocycles. The van der Waals surface area contributed by atoms with Crippen molar-refractivity contribution in [1.82, 2.24) is 4.90 Å². The number of likely N-dealkylation sites (tertiary alicyclic amines) is 1. The highest BCUT2D eigenvalue weighted by atomic mass is 16.5. The smallest absolute Gasteiger partial charge is 0.305 e. The topological polar surface area (TPSA) is 49.8 Å². The molecule has 1 aliphatic heterocycles. The maximum atomic E-state index is 11.0. The molecule has 0 saturated carbocycles. The van der Waals surface area contributed by atoms with Gasteiger partial charge in [-0.1, -0.05) is 6.42 Å². The van der Waals surface area contributed by atoms with Crippen molar-refractivity contribution in [2.45, 2.75) is 45.1 Å². The van der Waals surface area contributed by atoms with Gasteiger partial charge in [-0.25, -0.2) is 0 Å². The van der Waals surface area contributed by atoms with Gasteiger partial charge >= 0.3 is 5.97 Å². The molecule has 1 rings (SSSR count). The Hall–Kier alpha value is -0.610. The summed E-state index contributed by atoms with van der Waals surface area (Å²) in [5.41, 5.74) is -0.467. The molecule has 0 aliphatic carbocycles. The third-order valence-corrected chi connectivity index (χ3v) is 2.79. The molecule has 1 fully saturated rings. The van der Waals surface area contributed by atoms with Crippen molar-refractivity contribution in [3.63, 3.8) is 0 Å². The molecule has 0 aromatic rings. The number of rotatable bonds is 7. The normalized spacial score (nSPS) is 19.2. The van der Waals surface area contributed by atoms with Crippen molar-refractivity contribution < 1.29 is 14.6 Å². The minimum absolute atomic E-state index is 0.0885. The lowest BCUT2D eigenvalue weighted by Gasteiger charge is -2.44. The highest BCUT2D eigenvalue weighted by molar-refractivity contribution is 5.69. The summed E-state index contributed by atoms with van der Waals surface area (Å²) >= 11 is 0. The summed E-state index contributed by atoms with van der Waals surface area (Å²) in [5.74, 6) is -0.0885. The number of esters is 1. The summed E-state index contributed by atoms with van der Waals surface area (Å²) in [6.45, 7) is 6.76. The van der Waals surface area contributed by atoms with E-state index in [2.05, 4.69) is 4.90 Å². The van der Waals surface area contributed by atoms with Crippen molar-refractivity contribution >= 4 is 5.97 Å². The maximum absolute atomic E-state index is 11.0. The first kappa shape index (κ1) is 13.5. The summed E-state index contributed by atoms with van der Waals surface area (Å²) in [6.07, 6.45) is 3.58. The van der Waals surface area contributed by atoms with Crippen molar-refractivity contribution in [3.05, 3.63) is 0 Å². The third kappa shape index (κ3) is 4.94. The van der Waals surface area contributed by atoms with E-state index >= 15 is 0 Å². The molecule has 4 nitrogen and oxygen atoms in total. The van der Waals surface area contributed by atoms with E-state index in [0.29, 0.717) is 13.0 Å². The quantitative estimate of drug-likeness (QED) is 0.526. The molecule has 1 heterocycles. The second-order valence-corrected chi connectivity index (χ2v) is 4.82. The number of nitrogens with zero attached hydrogens (tertiary/aromatic N) is 1. The number of hydrogen-bond donors (Lipinski definition) is 1. The van der Waals surface area contributed by atoms with Crippen molar-refractivity contribution in [2.24, 2.45) is 0 Å². The first-order chi connectivity index (χ1) is 7.53.